The summed E-state index contributed by atoms with van der Waals surface area (Å²) in [5.41, 5.74) is 0.729. The molecule has 0 radical (unpaired) electrons. The van der Waals surface area contributed by atoms with Crippen molar-refractivity contribution in [2.75, 3.05) is 32.6 Å². The van der Waals surface area contributed by atoms with Crippen LogP contribution >= 0.6 is 0 Å². The van der Waals surface area contributed by atoms with E-state index in [1.807, 2.05) is 11.0 Å². The minimum absolute atomic E-state index is 0.0228. The number of benzene rings is 1. The smallest absolute Gasteiger partial charge is 0.321 e. The van der Waals surface area contributed by atoms with E-state index < -0.39 is 0 Å². The highest BCUT2D eigenvalue weighted by molar-refractivity contribution is 5.89. The number of nitrogens with zero attached hydrogens (tertiary/aromatic N) is 1. The lowest BCUT2D eigenvalue weighted by molar-refractivity contribution is 0.220. The van der Waals surface area contributed by atoms with Gasteiger partial charge in [0.1, 0.15) is 0 Å². The first kappa shape index (κ1) is 14.0. The molecular formula is C16H22N2O3. The molecule has 1 aliphatic carbocycles. The van der Waals surface area contributed by atoms with Crippen LogP contribution in [0.2, 0.25) is 0 Å². The van der Waals surface area contributed by atoms with Crippen LogP contribution in [0.15, 0.2) is 18.2 Å². The highest BCUT2D eigenvalue weighted by Gasteiger charge is 2.37. The topological polar surface area (TPSA) is 50.8 Å². The first-order chi connectivity index (χ1) is 10.2. The Morgan fingerprint density at radius 1 is 1.14 bits per heavy atom. The number of anilines is 1. The molecule has 1 saturated carbocycles. The number of rotatable bonds is 4. The standard InChI is InChI=1S/C16H22N2O3/c1-20-14-6-5-13(9-15(14)21-2)17-16(19)18-8-7-12(10-18)11-3-4-11/h5-6,9,11-12H,3-4,7-8,10H2,1-2H3,(H,17,19)/t12-/m0/s1. The predicted molar refractivity (Wildman–Crippen MR) is 81.0 cm³/mol. The molecule has 1 heterocycles. The van der Waals surface area contributed by atoms with Crippen molar-refractivity contribution in [2.24, 2.45) is 11.8 Å². The number of hydrogen-bond acceptors (Lipinski definition) is 3. The molecule has 5 nitrogen and oxygen atoms in total. The van der Waals surface area contributed by atoms with Gasteiger partial charge in [-0.2, -0.15) is 0 Å². The van der Waals surface area contributed by atoms with Crippen LogP contribution in [-0.2, 0) is 0 Å². The Morgan fingerprint density at radius 2 is 1.90 bits per heavy atom. The molecule has 5 heteroatoms. The summed E-state index contributed by atoms with van der Waals surface area (Å²) in [7, 11) is 3.18. The van der Waals surface area contributed by atoms with Crippen LogP contribution in [0.5, 0.6) is 11.5 Å². The van der Waals surface area contributed by atoms with Crippen LogP contribution in [0.3, 0.4) is 0 Å². The summed E-state index contributed by atoms with van der Waals surface area (Å²) in [5, 5.41) is 2.94. The molecule has 114 valence electrons. The first-order valence-electron chi connectivity index (χ1n) is 7.49. The minimum Gasteiger partial charge on any atom is -0.493 e. The lowest BCUT2D eigenvalue weighted by Gasteiger charge is -2.18. The van der Waals surface area contributed by atoms with Crippen LogP contribution in [0.4, 0.5) is 10.5 Å². The number of likely N-dealkylation sites (tertiary alicyclic amines) is 1. The van der Waals surface area contributed by atoms with E-state index in [0.717, 1.165) is 31.1 Å². The van der Waals surface area contributed by atoms with Crippen molar-refractivity contribution in [2.45, 2.75) is 19.3 Å². The van der Waals surface area contributed by atoms with Gasteiger partial charge in [0.15, 0.2) is 11.5 Å². The molecule has 2 aliphatic rings. The van der Waals surface area contributed by atoms with Crippen LogP contribution in [0.1, 0.15) is 19.3 Å². The maximum absolute atomic E-state index is 12.3. The number of ether oxygens (including phenoxy) is 2. The zero-order valence-corrected chi connectivity index (χ0v) is 12.6. The molecule has 0 bridgehead atoms. The SMILES string of the molecule is COc1ccc(NC(=O)N2CC[C@H](C3CC3)C2)cc1OC. The van der Waals surface area contributed by atoms with Gasteiger partial charge in [0.2, 0.25) is 0 Å². The Morgan fingerprint density at radius 3 is 2.57 bits per heavy atom. The summed E-state index contributed by atoms with van der Waals surface area (Å²) < 4.78 is 10.4. The zero-order chi connectivity index (χ0) is 14.8. The zero-order valence-electron chi connectivity index (χ0n) is 12.6. The number of urea groups is 1. The third-order valence-electron chi connectivity index (χ3n) is 4.44. The molecular weight excluding hydrogens is 268 g/mol. The Labute approximate surface area is 125 Å². The van der Waals surface area contributed by atoms with E-state index in [2.05, 4.69) is 5.32 Å². The quantitative estimate of drug-likeness (QED) is 0.927. The molecule has 1 aromatic carbocycles. The third-order valence-corrected chi connectivity index (χ3v) is 4.44. The summed E-state index contributed by atoms with van der Waals surface area (Å²) in [6, 6.07) is 5.38. The Balaban J connectivity index is 1.62. The second-order valence-corrected chi connectivity index (χ2v) is 5.83. The number of hydrogen-bond donors (Lipinski definition) is 1. The van der Waals surface area contributed by atoms with Gasteiger partial charge >= 0.3 is 6.03 Å². The number of amides is 2. The Bertz CT molecular complexity index is 528. The molecule has 0 aromatic heterocycles. The van der Waals surface area contributed by atoms with Crippen LogP contribution in [0, 0.1) is 11.8 Å². The number of carbonyl (C=O) groups is 1. The fourth-order valence-electron chi connectivity index (χ4n) is 3.04. The van der Waals surface area contributed by atoms with Gasteiger partial charge < -0.3 is 19.7 Å². The largest absolute Gasteiger partial charge is 0.493 e. The molecule has 1 N–H and O–H groups in total. The van der Waals surface area contributed by atoms with Gasteiger partial charge in [-0.25, -0.2) is 4.79 Å². The Kier molecular flexibility index (Phi) is 3.90. The summed E-state index contributed by atoms with van der Waals surface area (Å²) in [4.78, 5) is 14.2. The average molecular weight is 290 g/mol. The van der Waals surface area contributed by atoms with Crippen molar-refractivity contribution in [3.63, 3.8) is 0 Å². The number of methoxy groups -OCH3 is 2. The normalized spacial score (nSPS) is 21.2. The van der Waals surface area contributed by atoms with Crippen molar-refractivity contribution in [1.29, 1.82) is 0 Å². The van der Waals surface area contributed by atoms with Gasteiger partial charge in [-0.1, -0.05) is 0 Å². The van der Waals surface area contributed by atoms with Crippen LogP contribution in [0.25, 0.3) is 0 Å². The second kappa shape index (κ2) is 5.84. The predicted octanol–water partition coefficient (Wildman–Crippen LogP) is 2.97. The van der Waals surface area contributed by atoms with E-state index in [9.17, 15) is 4.79 Å². The number of carbonyl (C=O) groups excluding carboxylic acids is 1. The first-order valence-corrected chi connectivity index (χ1v) is 7.49. The van der Waals surface area contributed by atoms with Gasteiger partial charge in [0, 0.05) is 24.8 Å². The van der Waals surface area contributed by atoms with Gasteiger partial charge in [0.25, 0.3) is 0 Å². The maximum atomic E-state index is 12.3. The van der Waals surface area contributed by atoms with Crippen molar-refractivity contribution >= 4 is 11.7 Å². The fourth-order valence-corrected chi connectivity index (χ4v) is 3.04. The summed E-state index contributed by atoms with van der Waals surface area (Å²) >= 11 is 0. The second-order valence-electron chi connectivity index (χ2n) is 5.83. The molecule has 1 aliphatic heterocycles. The average Bonchev–Trinajstić information content (AvgIpc) is 3.24. The summed E-state index contributed by atoms with van der Waals surface area (Å²) in [6.45, 7) is 1.75. The van der Waals surface area contributed by atoms with Crippen molar-refractivity contribution < 1.29 is 14.3 Å². The highest BCUT2D eigenvalue weighted by Crippen LogP contribution is 2.41. The molecule has 2 amide bonds. The third kappa shape index (κ3) is 3.06. The lowest BCUT2D eigenvalue weighted by Crippen LogP contribution is -2.33. The highest BCUT2D eigenvalue weighted by atomic mass is 16.5. The van der Waals surface area contributed by atoms with E-state index >= 15 is 0 Å². The molecule has 3 rings (SSSR count). The molecule has 1 saturated heterocycles. The monoisotopic (exact) mass is 290 g/mol. The molecule has 0 spiro atoms. The Hall–Kier alpha value is -1.91. The van der Waals surface area contributed by atoms with Crippen molar-refractivity contribution in [3.05, 3.63) is 18.2 Å². The summed E-state index contributed by atoms with van der Waals surface area (Å²) in [5.74, 6) is 2.85. The summed E-state index contributed by atoms with van der Waals surface area (Å²) in [6.07, 6.45) is 3.83. The van der Waals surface area contributed by atoms with E-state index in [1.54, 1.807) is 26.4 Å². The molecule has 1 atom stereocenters. The molecule has 21 heavy (non-hydrogen) atoms. The minimum atomic E-state index is -0.0228. The van der Waals surface area contributed by atoms with E-state index in [0.29, 0.717) is 17.4 Å². The van der Waals surface area contributed by atoms with Crippen molar-refractivity contribution in [1.82, 2.24) is 4.90 Å². The van der Waals surface area contributed by atoms with E-state index in [4.69, 9.17) is 9.47 Å². The van der Waals surface area contributed by atoms with Crippen molar-refractivity contribution in [3.8, 4) is 11.5 Å². The molecule has 1 aromatic rings. The van der Waals surface area contributed by atoms with Gasteiger partial charge in [-0.15, -0.1) is 0 Å². The van der Waals surface area contributed by atoms with Crippen LogP contribution < -0.4 is 14.8 Å². The van der Waals surface area contributed by atoms with E-state index in [-0.39, 0.29) is 6.03 Å². The fraction of sp³-hybridized carbons (Fsp3) is 0.562. The van der Waals surface area contributed by atoms with E-state index in [1.165, 1.54) is 12.8 Å². The van der Waals surface area contributed by atoms with Gasteiger partial charge in [-0.05, 0) is 43.2 Å². The maximum Gasteiger partial charge on any atom is 0.321 e. The lowest BCUT2D eigenvalue weighted by atomic mass is 10.0. The molecule has 2 fully saturated rings. The number of nitrogens with one attached hydrogen (secondary N) is 1. The molecule has 0 unspecified atom stereocenters. The van der Waals surface area contributed by atoms with Crippen LogP contribution in [-0.4, -0.2) is 38.2 Å². The van der Waals surface area contributed by atoms with Gasteiger partial charge in [-0.3, -0.25) is 0 Å². The van der Waals surface area contributed by atoms with Gasteiger partial charge in [0.05, 0.1) is 14.2 Å².